The third-order valence-electron chi connectivity index (χ3n) is 2.75. The van der Waals surface area contributed by atoms with Crippen LogP contribution in [0.4, 0.5) is 8.78 Å². The van der Waals surface area contributed by atoms with Gasteiger partial charge in [-0.15, -0.1) is 0 Å². The van der Waals surface area contributed by atoms with Crippen LogP contribution in [0.2, 0.25) is 0 Å². The molecule has 0 radical (unpaired) electrons. The molecular formula is C14H11BrF2O2. The summed E-state index contributed by atoms with van der Waals surface area (Å²) in [5.74, 6) is -1.61. The molecule has 19 heavy (non-hydrogen) atoms. The summed E-state index contributed by atoms with van der Waals surface area (Å²) >= 11 is 3.25. The Morgan fingerprint density at radius 2 is 1.63 bits per heavy atom. The van der Waals surface area contributed by atoms with Crippen LogP contribution < -0.4 is 4.74 Å². The normalized spacial score (nSPS) is 12.3. The second kappa shape index (κ2) is 5.67. The van der Waals surface area contributed by atoms with Gasteiger partial charge in [-0.05, 0) is 17.7 Å². The van der Waals surface area contributed by atoms with Crippen LogP contribution in [0, 0.1) is 11.6 Å². The molecule has 0 amide bonds. The molecule has 0 aliphatic carbocycles. The Hall–Kier alpha value is -1.46. The summed E-state index contributed by atoms with van der Waals surface area (Å²) in [6, 6.07) is 8.66. The van der Waals surface area contributed by atoms with Gasteiger partial charge in [0.05, 0.1) is 12.7 Å². The number of hydrogen-bond acceptors (Lipinski definition) is 2. The van der Waals surface area contributed by atoms with Gasteiger partial charge in [-0.2, -0.15) is 0 Å². The van der Waals surface area contributed by atoms with Crippen LogP contribution in [0.15, 0.2) is 40.9 Å². The molecule has 0 fully saturated rings. The van der Waals surface area contributed by atoms with Crippen LogP contribution in [-0.2, 0) is 0 Å². The van der Waals surface area contributed by atoms with Crippen molar-refractivity contribution in [2.75, 3.05) is 7.11 Å². The van der Waals surface area contributed by atoms with E-state index in [4.69, 9.17) is 4.74 Å². The van der Waals surface area contributed by atoms with Crippen LogP contribution in [-0.4, -0.2) is 12.2 Å². The van der Waals surface area contributed by atoms with Gasteiger partial charge in [0, 0.05) is 16.6 Å². The second-order valence-electron chi connectivity index (χ2n) is 3.96. The number of aliphatic hydroxyl groups is 1. The highest BCUT2D eigenvalue weighted by Gasteiger charge is 2.21. The van der Waals surface area contributed by atoms with Gasteiger partial charge >= 0.3 is 0 Å². The van der Waals surface area contributed by atoms with E-state index in [1.807, 2.05) is 0 Å². The molecule has 0 aromatic heterocycles. The van der Waals surface area contributed by atoms with E-state index in [1.54, 1.807) is 24.3 Å². The van der Waals surface area contributed by atoms with Gasteiger partial charge in [0.1, 0.15) is 23.5 Å². The molecule has 5 heteroatoms. The van der Waals surface area contributed by atoms with E-state index in [-0.39, 0.29) is 11.3 Å². The van der Waals surface area contributed by atoms with Crippen molar-refractivity contribution in [1.82, 2.24) is 0 Å². The van der Waals surface area contributed by atoms with Crippen molar-refractivity contribution >= 4 is 15.9 Å². The maximum Gasteiger partial charge on any atom is 0.135 e. The molecular weight excluding hydrogens is 318 g/mol. The summed E-state index contributed by atoms with van der Waals surface area (Å²) in [5.41, 5.74) is 0.0225. The van der Waals surface area contributed by atoms with E-state index in [9.17, 15) is 13.9 Å². The topological polar surface area (TPSA) is 29.5 Å². The Kier molecular flexibility index (Phi) is 4.17. The van der Waals surface area contributed by atoms with E-state index >= 15 is 0 Å². The summed E-state index contributed by atoms with van der Waals surface area (Å²) in [7, 11) is 1.32. The quantitative estimate of drug-likeness (QED) is 0.928. The van der Waals surface area contributed by atoms with Crippen molar-refractivity contribution in [3.63, 3.8) is 0 Å². The first-order valence-corrected chi connectivity index (χ1v) is 6.28. The molecule has 0 aliphatic rings. The van der Waals surface area contributed by atoms with Crippen molar-refractivity contribution in [3.05, 3.63) is 63.6 Å². The molecule has 2 rings (SSSR count). The predicted molar refractivity (Wildman–Crippen MR) is 71.1 cm³/mol. The number of aliphatic hydroxyl groups excluding tert-OH is 1. The van der Waals surface area contributed by atoms with Crippen molar-refractivity contribution in [2.45, 2.75) is 6.10 Å². The van der Waals surface area contributed by atoms with E-state index < -0.39 is 17.7 Å². The lowest BCUT2D eigenvalue weighted by atomic mass is 10.0. The second-order valence-corrected chi connectivity index (χ2v) is 4.87. The Morgan fingerprint density at radius 3 is 2.11 bits per heavy atom. The fraction of sp³-hybridized carbons (Fsp3) is 0.143. The number of rotatable bonds is 3. The molecule has 0 bridgehead atoms. The third-order valence-corrected chi connectivity index (χ3v) is 3.28. The smallest absolute Gasteiger partial charge is 0.135 e. The Bertz CT molecular complexity index is 561. The maximum atomic E-state index is 13.8. The molecule has 2 aromatic rings. The zero-order valence-corrected chi connectivity index (χ0v) is 11.6. The number of methoxy groups -OCH3 is 1. The van der Waals surface area contributed by atoms with Gasteiger partial charge in [0.15, 0.2) is 0 Å². The first-order valence-electron chi connectivity index (χ1n) is 5.49. The van der Waals surface area contributed by atoms with Crippen molar-refractivity contribution in [1.29, 1.82) is 0 Å². The lowest BCUT2D eigenvalue weighted by Crippen LogP contribution is -2.06. The average molecular weight is 329 g/mol. The highest BCUT2D eigenvalue weighted by atomic mass is 79.9. The Labute approximate surface area is 117 Å². The predicted octanol–water partition coefficient (Wildman–Crippen LogP) is 3.82. The zero-order chi connectivity index (χ0) is 14.0. The molecule has 0 heterocycles. The number of halogens is 3. The fourth-order valence-corrected chi connectivity index (χ4v) is 2.02. The number of ether oxygens (including phenoxy) is 1. The molecule has 2 nitrogen and oxygen atoms in total. The zero-order valence-electron chi connectivity index (χ0n) is 10.0. The van der Waals surface area contributed by atoms with Gasteiger partial charge < -0.3 is 9.84 Å². The molecule has 0 aliphatic heterocycles. The summed E-state index contributed by atoms with van der Waals surface area (Å²) in [6.07, 6.45) is -1.36. The lowest BCUT2D eigenvalue weighted by molar-refractivity contribution is 0.208. The highest BCUT2D eigenvalue weighted by molar-refractivity contribution is 9.10. The summed E-state index contributed by atoms with van der Waals surface area (Å²) in [6.45, 7) is 0. The first kappa shape index (κ1) is 14.0. The summed E-state index contributed by atoms with van der Waals surface area (Å²) < 4.78 is 33.2. The van der Waals surface area contributed by atoms with Gasteiger partial charge in [-0.3, -0.25) is 0 Å². The molecule has 100 valence electrons. The van der Waals surface area contributed by atoms with Crippen molar-refractivity contribution in [2.24, 2.45) is 0 Å². The van der Waals surface area contributed by atoms with Crippen LogP contribution in [0.25, 0.3) is 0 Å². The highest BCUT2D eigenvalue weighted by Crippen LogP contribution is 2.30. The SMILES string of the molecule is COc1cc(F)c(C(O)c2ccc(Br)cc2)c(F)c1. The van der Waals surface area contributed by atoms with E-state index in [1.165, 1.54) is 7.11 Å². The monoisotopic (exact) mass is 328 g/mol. The molecule has 1 atom stereocenters. The largest absolute Gasteiger partial charge is 0.497 e. The summed E-state index contributed by atoms with van der Waals surface area (Å²) in [4.78, 5) is 0. The van der Waals surface area contributed by atoms with Crippen LogP contribution in [0.3, 0.4) is 0 Å². The maximum absolute atomic E-state index is 13.8. The molecule has 2 aromatic carbocycles. The van der Waals surface area contributed by atoms with Crippen LogP contribution >= 0.6 is 15.9 Å². The number of hydrogen-bond donors (Lipinski definition) is 1. The minimum atomic E-state index is -1.36. The standard InChI is InChI=1S/C14H11BrF2O2/c1-19-10-6-11(16)13(12(17)7-10)14(18)8-2-4-9(15)5-3-8/h2-7,14,18H,1H3. The Balaban J connectivity index is 2.44. The van der Waals surface area contributed by atoms with Crippen LogP contribution in [0.1, 0.15) is 17.2 Å². The number of benzene rings is 2. The van der Waals surface area contributed by atoms with Gasteiger partial charge in [0.2, 0.25) is 0 Å². The van der Waals surface area contributed by atoms with Crippen LogP contribution in [0.5, 0.6) is 5.75 Å². The van der Waals surface area contributed by atoms with Gasteiger partial charge in [-0.25, -0.2) is 8.78 Å². The molecule has 0 spiro atoms. The third kappa shape index (κ3) is 2.93. The molecule has 1 N–H and O–H groups in total. The Morgan fingerprint density at radius 1 is 1.11 bits per heavy atom. The summed E-state index contributed by atoms with van der Waals surface area (Å²) in [5, 5.41) is 10.1. The van der Waals surface area contributed by atoms with E-state index in [0.717, 1.165) is 16.6 Å². The first-order chi connectivity index (χ1) is 9.02. The minimum absolute atomic E-state index is 0.0711. The van der Waals surface area contributed by atoms with E-state index in [0.29, 0.717) is 5.56 Å². The minimum Gasteiger partial charge on any atom is -0.497 e. The van der Waals surface area contributed by atoms with Gasteiger partial charge in [-0.1, -0.05) is 28.1 Å². The van der Waals surface area contributed by atoms with Crippen molar-refractivity contribution < 1.29 is 18.6 Å². The van der Waals surface area contributed by atoms with E-state index in [2.05, 4.69) is 15.9 Å². The van der Waals surface area contributed by atoms with Crippen molar-refractivity contribution in [3.8, 4) is 5.75 Å². The lowest BCUT2D eigenvalue weighted by Gasteiger charge is -2.14. The fourth-order valence-electron chi connectivity index (χ4n) is 1.75. The molecule has 0 saturated heterocycles. The average Bonchev–Trinajstić information content (AvgIpc) is 2.38. The molecule has 1 unspecified atom stereocenters. The van der Waals surface area contributed by atoms with Gasteiger partial charge in [0.25, 0.3) is 0 Å². The molecule has 0 saturated carbocycles.